The van der Waals surface area contributed by atoms with Gasteiger partial charge in [0.25, 0.3) is 5.56 Å². The number of hydrogen-bond donors (Lipinski definition) is 0. The maximum absolute atomic E-state index is 13.5. The highest BCUT2D eigenvalue weighted by molar-refractivity contribution is 7.99. The Morgan fingerprint density at radius 3 is 2.62 bits per heavy atom. The van der Waals surface area contributed by atoms with Gasteiger partial charge in [0.15, 0.2) is 5.16 Å². The number of benzene rings is 2. The van der Waals surface area contributed by atoms with Crippen LogP contribution in [-0.4, -0.2) is 45.7 Å². The van der Waals surface area contributed by atoms with Crippen LogP contribution in [0.4, 0.5) is 0 Å². The van der Waals surface area contributed by atoms with Gasteiger partial charge in [-0.1, -0.05) is 36.0 Å². The van der Waals surface area contributed by atoms with Gasteiger partial charge < -0.3 is 9.64 Å². The van der Waals surface area contributed by atoms with Crippen molar-refractivity contribution >= 4 is 34.5 Å². The van der Waals surface area contributed by atoms with E-state index < -0.39 is 5.97 Å². The molecule has 0 fully saturated rings. The Hall–Kier alpha value is -3.39. The fourth-order valence-electron chi connectivity index (χ4n) is 4.12. The number of para-hydroxylation sites is 1. The third-order valence-electron chi connectivity index (χ3n) is 5.83. The fourth-order valence-corrected chi connectivity index (χ4v) is 5.01. The molecule has 34 heavy (non-hydrogen) atoms. The minimum Gasteiger partial charge on any atom is -0.465 e. The number of hydrogen-bond acceptors (Lipinski definition) is 6. The number of carbonyl (C=O) groups excluding carboxylic acids is 2. The molecule has 0 spiro atoms. The van der Waals surface area contributed by atoms with E-state index in [1.54, 1.807) is 18.2 Å². The third kappa shape index (κ3) is 4.92. The van der Waals surface area contributed by atoms with E-state index in [-0.39, 0.29) is 17.2 Å². The molecule has 1 aliphatic rings. The molecule has 0 radical (unpaired) electrons. The van der Waals surface area contributed by atoms with E-state index in [0.717, 1.165) is 31.4 Å². The third-order valence-corrected chi connectivity index (χ3v) is 6.75. The maximum atomic E-state index is 13.5. The lowest BCUT2D eigenvalue weighted by atomic mass is 10.0. The van der Waals surface area contributed by atoms with Crippen molar-refractivity contribution < 1.29 is 14.3 Å². The van der Waals surface area contributed by atoms with E-state index in [0.29, 0.717) is 33.9 Å². The number of amides is 1. The normalized spacial score (nSPS) is 13.4. The first-order valence-corrected chi connectivity index (χ1v) is 12.3. The van der Waals surface area contributed by atoms with Crippen molar-refractivity contribution in [1.82, 2.24) is 14.5 Å². The highest BCUT2D eigenvalue weighted by Crippen LogP contribution is 2.25. The first-order valence-electron chi connectivity index (χ1n) is 11.4. The van der Waals surface area contributed by atoms with E-state index in [1.807, 2.05) is 42.2 Å². The van der Waals surface area contributed by atoms with Crippen molar-refractivity contribution in [2.45, 2.75) is 37.8 Å². The van der Waals surface area contributed by atoms with Gasteiger partial charge in [0.05, 0.1) is 35.0 Å². The standard InChI is InChI=1S/C26H27N3O4S/c1-3-28(19-10-6-4-7-11-19)23(30)17-34-26-27-22-16-18(25(32)33-2)14-15-21(22)24(31)29(26)20-12-8-5-9-13-20/h5,8-10,12-16H,3-4,6-7,11,17H2,1-2H3. The highest BCUT2D eigenvalue weighted by Gasteiger charge is 2.21. The highest BCUT2D eigenvalue weighted by atomic mass is 32.2. The molecule has 0 bridgehead atoms. The van der Waals surface area contributed by atoms with Crippen LogP contribution in [0.5, 0.6) is 0 Å². The Kier molecular flexibility index (Phi) is 7.47. The molecule has 4 rings (SSSR count). The van der Waals surface area contributed by atoms with Crippen LogP contribution in [-0.2, 0) is 9.53 Å². The minimum atomic E-state index is -0.500. The predicted octanol–water partition coefficient (Wildman–Crippen LogP) is 4.57. The van der Waals surface area contributed by atoms with Crippen LogP contribution < -0.4 is 5.56 Å². The number of ether oxygens (including phenoxy) is 1. The predicted molar refractivity (Wildman–Crippen MR) is 133 cm³/mol. The van der Waals surface area contributed by atoms with Gasteiger partial charge in [-0.05, 0) is 62.9 Å². The zero-order chi connectivity index (χ0) is 24.1. The summed E-state index contributed by atoms with van der Waals surface area (Å²) < 4.78 is 6.33. The van der Waals surface area contributed by atoms with Gasteiger partial charge in [-0.15, -0.1) is 0 Å². The zero-order valence-electron chi connectivity index (χ0n) is 19.3. The molecule has 0 aliphatic heterocycles. The molecule has 0 saturated heterocycles. The van der Waals surface area contributed by atoms with Crippen LogP contribution in [0.2, 0.25) is 0 Å². The number of carbonyl (C=O) groups is 2. The molecule has 0 unspecified atom stereocenters. The number of aromatic nitrogens is 2. The number of esters is 1. The summed E-state index contributed by atoms with van der Waals surface area (Å²) in [6.45, 7) is 2.57. The maximum Gasteiger partial charge on any atom is 0.337 e. The van der Waals surface area contributed by atoms with Crippen molar-refractivity contribution in [2.24, 2.45) is 0 Å². The number of thioether (sulfide) groups is 1. The van der Waals surface area contributed by atoms with E-state index in [9.17, 15) is 14.4 Å². The van der Waals surface area contributed by atoms with Gasteiger partial charge in [-0.3, -0.25) is 14.2 Å². The summed E-state index contributed by atoms with van der Waals surface area (Å²) in [5.74, 6) is -0.371. The van der Waals surface area contributed by atoms with E-state index in [1.165, 1.54) is 23.4 Å². The van der Waals surface area contributed by atoms with Crippen molar-refractivity contribution in [3.8, 4) is 5.69 Å². The molecule has 1 heterocycles. The van der Waals surface area contributed by atoms with E-state index >= 15 is 0 Å². The Bertz CT molecular complexity index is 1300. The number of fused-ring (bicyclic) bond motifs is 1. The Morgan fingerprint density at radius 1 is 1.15 bits per heavy atom. The lowest BCUT2D eigenvalue weighted by Gasteiger charge is -2.26. The number of allylic oxidation sites excluding steroid dienone is 2. The van der Waals surface area contributed by atoms with Crippen LogP contribution in [0.15, 0.2) is 70.3 Å². The lowest BCUT2D eigenvalue weighted by molar-refractivity contribution is -0.126. The van der Waals surface area contributed by atoms with Crippen LogP contribution in [0, 0.1) is 0 Å². The number of rotatable bonds is 7. The van der Waals surface area contributed by atoms with Crippen molar-refractivity contribution in [2.75, 3.05) is 19.4 Å². The molecule has 0 saturated carbocycles. The largest absolute Gasteiger partial charge is 0.465 e. The quantitative estimate of drug-likeness (QED) is 0.282. The zero-order valence-corrected chi connectivity index (χ0v) is 20.1. The first-order chi connectivity index (χ1) is 16.5. The molecule has 1 amide bonds. The molecule has 1 aromatic heterocycles. The van der Waals surface area contributed by atoms with Crippen LogP contribution in [0.3, 0.4) is 0 Å². The average molecular weight is 478 g/mol. The van der Waals surface area contributed by atoms with Crippen molar-refractivity contribution in [3.63, 3.8) is 0 Å². The average Bonchev–Trinajstić information content (AvgIpc) is 2.88. The summed E-state index contributed by atoms with van der Waals surface area (Å²) in [4.78, 5) is 45.1. The second-order valence-corrected chi connectivity index (χ2v) is 8.90. The van der Waals surface area contributed by atoms with Gasteiger partial charge in [-0.2, -0.15) is 0 Å². The second-order valence-electron chi connectivity index (χ2n) is 7.96. The van der Waals surface area contributed by atoms with Crippen molar-refractivity contribution in [1.29, 1.82) is 0 Å². The Balaban J connectivity index is 1.73. The summed E-state index contributed by atoms with van der Waals surface area (Å²) in [7, 11) is 1.31. The van der Waals surface area contributed by atoms with Gasteiger partial charge in [0.2, 0.25) is 5.91 Å². The van der Waals surface area contributed by atoms with Crippen molar-refractivity contribution in [3.05, 3.63) is 76.2 Å². The molecule has 2 aromatic carbocycles. The van der Waals surface area contributed by atoms with Gasteiger partial charge >= 0.3 is 5.97 Å². The summed E-state index contributed by atoms with van der Waals surface area (Å²) in [5.41, 5.74) is 2.18. The van der Waals surface area contributed by atoms with E-state index in [2.05, 4.69) is 6.08 Å². The number of nitrogens with zero attached hydrogens (tertiary/aromatic N) is 3. The Labute approximate surface area is 202 Å². The van der Waals surface area contributed by atoms with Crippen LogP contribution >= 0.6 is 11.8 Å². The summed E-state index contributed by atoms with van der Waals surface area (Å²) in [6.07, 6.45) is 6.29. The molecule has 0 N–H and O–H groups in total. The first kappa shape index (κ1) is 23.8. The molecule has 3 aromatic rings. The minimum absolute atomic E-state index is 0.0158. The van der Waals surface area contributed by atoms with Gasteiger partial charge in [0, 0.05) is 12.2 Å². The summed E-state index contributed by atoms with van der Waals surface area (Å²) in [5, 5.41) is 0.780. The summed E-state index contributed by atoms with van der Waals surface area (Å²) in [6, 6.07) is 13.9. The fraction of sp³-hybridized carbons (Fsp3) is 0.308. The summed E-state index contributed by atoms with van der Waals surface area (Å²) >= 11 is 1.22. The van der Waals surface area contributed by atoms with Crippen LogP contribution in [0.1, 0.15) is 43.0 Å². The second kappa shape index (κ2) is 10.7. The van der Waals surface area contributed by atoms with E-state index in [4.69, 9.17) is 9.72 Å². The smallest absolute Gasteiger partial charge is 0.337 e. The lowest BCUT2D eigenvalue weighted by Crippen LogP contribution is -2.32. The molecule has 7 nitrogen and oxygen atoms in total. The van der Waals surface area contributed by atoms with Crippen LogP contribution in [0.25, 0.3) is 16.6 Å². The number of methoxy groups -OCH3 is 1. The molecule has 8 heteroatoms. The molecule has 0 atom stereocenters. The molecular formula is C26H27N3O4S. The van der Waals surface area contributed by atoms with Gasteiger partial charge in [0.1, 0.15) is 0 Å². The van der Waals surface area contributed by atoms with Gasteiger partial charge in [-0.25, -0.2) is 9.78 Å². The molecule has 176 valence electrons. The Morgan fingerprint density at radius 2 is 1.94 bits per heavy atom. The topological polar surface area (TPSA) is 81.5 Å². The molecular weight excluding hydrogens is 450 g/mol. The monoisotopic (exact) mass is 477 g/mol. The molecule has 1 aliphatic carbocycles. The SMILES string of the molecule is CCN(C(=O)CSc1nc2cc(C(=O)OC)ccc2c(=O)n1-c1ccccc1)C1=CCCCC1.